The Bertz CT molecular complexity index is 440. The summed E-state index contributed by atoms with van der Waals surface area (Å²) in [6.45, 7) is 5.31. The van der Waals surface area contributed by atoms with E-state index in [0.717, 1.165) is 5.56 Å². The number of hydrogen-bond donors (Lipinski definition) is 2. The molecule has 0 aliphatic carbocycles. The summed E-state index contributed by atoms with van der Waals surface area (Å²) < 4.78 is 4.74. The molecule has 1 rings (SSSR count). The zero-order valence-electron chi connectivity index (χ0n) is 11.9. The summed E-state index contributed by atoms with van der Waals surface area (Å²) in [7, 11) is 0. The average Bonchev–Trinajstić information content (AvgIpc) is 2.36. The molecule has 1 aromatic rings. The molecule has 0 radical (unpaired) electrons. The van der Waals surface area contributed by atoms with E-state index in [1.807, 2.05) is 51.1 Å². The SMILES string of the molecule is CC(C)(C)NC(=O)OCC(=O)NOCc1ccccc1. The van der Waals surface area contributed by atoms with Crippen LogP contribution in [0.25, 0.3) is 0 Å². The minimum absolute atomic E-state index is 0.251. The number of carbonyl (C=O) groups excluding carboxylic acids is 2. The van der Waals surface area contributed by atoms with E-state index in [1.165, 1.54) is 0 Å². The smallest absolute Gasteiger partial charge is 0.408 e. The number of hydroxylamine groups is 1. The third-order valence-corrected chi connectivity index (χ3v) is 2.08. The molecule has 0 saturated heterocycles. The number of ether oxygens (including phenoxy) is 1. The molecule has 0 aliphatic heterocycles. The number of nitrogens with one attached hydrogen (secondary N) is 2. The predicted molar refractivity (Wildman–Crippen MR) is 73.6 cm³/mol. The molecule has 0 aromatic heterocycles. The van der Waals surface area contributed by atoms with Gasteiger partial charge in [0.05, 0.1) is 6.61 Å². The van der Waals surface area contributed by atoms with Crippen LogP contribution in [-0.2, 0) is 21.0 Å². The molecule has 0 bridgehead atoms. The minimum Gasteiger partial charge on any atom is -0.439 e. The summed E-state index contributed by atoms with van der Waals surface area (Å²) >= 11 is 0. The fourth-order valence-corrected chi connectivity index (χ4v) is 1.28. The van der Waals surface area contributed by atoms with E-state index in [0.29, 0.717) is 0 Å². The zero-order valence-corrected chi connectivity index (χ0v) is 11.9. The number of hydrogen-bond acceptors (Lipinski definition) is 4. The maximum Gasteiger partial charge on any atom is 0.408 e. The fourth-order valence-electron chi connectivity index (χ4n) is 1.28. The van der Waals surface area contributed by atoms with E-state index >= 15 is 0 Å². The molecule has 110 valence electrons. The normalized spacial score (nSPS) is 10.8. The van der Waals surface area contributed by atoms with Gasteiger partial charge in [-0.1, -0.05) is 30.3 Å². The molecule has 6 nitrogen and oxygen atoms in total. The van der Waals surface area contributed by atoms with Crippen LogP contribution in [0.15, 0.2) is 30.3 Å². The molecule has 20 heavy (non-hydrogen) atoms. The molecular weight excluding hydrogens is 260 g/mol. The van der Waals surface area contributed by atoms with Gasteiger partial charge in [0.25, 0.3) is 5.91 Å². The first-order valence-corrected chi connectivity index (χ1v) is 6.26. The Kier molecular flexibility index (Phi) is 5.99. The van der Waals surface area contributed by atoms with Crippen LogP contribution in [0.3, 0.4) is 0 Å². The molecule has 1 aromatic carbocycles. The lowest BCUT2D eigenvalue weighted by Gasteiger charge is -2.19. The fraction of sp³-hybridized carbons (Fsp3) is 0.429. The summed E-state index contributed by atoms with van der Waals surface area (Å²) in [5, 5.41) is 2.57. The Morgan fingerprint density at radius 3 is 2.40 bits per heavy atom. The van der Waals surface area contributed by atoms with Crippen molar-refractivity contribution in [3.63, 3.8) is 0 Å². The largest absolute Gasteiger partial charge is 0.439 e. The van der Waals surface area contributed by atoms with E-state index in [4.69, 9.17) is 9.57 Å². The lowest BCUT2D eigenvalue weighted by molar-refractivity contribution is -0.137. The number of amides is 2. The Hall–Kier alpha value is -2.08. The van der Waals surface area contributed by atoms with Crippen molar-refractivity contribution in [3.8, 4) is 0 Å². The highest BCUT2D eigenvalue weighted by Gasteiger charge is 2.15. The van der Waals surface area contributed by atoms with Crippen LogP contribution in [0.4, 0.5) is 4.79 Å². The maximum absolute atomic E-state index is 11.4. The van der Waals surface area contributed by atoms with Crippen molar-refractivity contribution in [3.05, 3.63) is 35.9 Å². The van der Waals surface area contributed by atoms with E-state index < -0.39 is 24.1 Å². The number of benzene rings is 1. The van der Waals surface area contributed by atoms with Gasteiger partial charge in [0, 0.05) is 5.54 Å². The van der Waals surface area contributed by atoms with Crippen LogP contribution < -0.4 is 10.8 Å². The van der Waals surface area contributed by atoms with Gasteiger partial charge in [0.1, 0.15) is 0 Å². The first-order chi connectivity index (χ1) is 9.37. The van der Waals surface area contributed by atoms with Crippen molar-refractivity contribution in [2.24, 2.45) is 0 Å². The molecule has 0 atom stereocenters. The highest BCUT2D eigenvalue weighted by Crippen LogP contribution is 2.00. The van der Waals surface area contributed by atoms with Gasteiger partial charge in [-0.05, 0) is 26.3 Å². The van der Waals surface area contributed by atoms with Gasteiger partial charge in [-0.25, -0.2) is 10.3 Å². The maximum atomic E-state index is 11.4. The summed E-state index contributed by atoms with van der Waals surface area (Å²) in [6.07, 6.45) is -0.643. The second-order valence-electron chi connectivity index (χ2n) is 5.25. The van der Waals surface area contributed by atoms with Crippen LogP contribution in [0, 0.1) is 0 Å². The molecule has 2 N–H and O–H groups in total. The van der Waals surface area contributed by atoms with E-state index in [-0.39, 0.29) is 6.61 Å². The van der Waals surface area contributed by atoms with Gasteiger partial charge in [-0.3, -0.25) is 9.63 Å². The number of carbonyl (C=O) groups is 2. The molecule has 0 saturated carbocycles. The molecule has 2 amide bonds. The highest BCUT2D eigenvalue weighted by atomic mass is 16.7. The van der Waals surface area contributed by atoms with E-state index in [1.54, 1.807) is 0 Å². The van der Waals surface area contributed by atoms with Gasteiger partial charge < -0.3 is 10.1 Å². The van der Waals surface area contributed by atoms with Crippen molar-refractivity contribution in [2.75, 3.05) is 6.61 Å². The van der Waals surface area contributed by atoms with E-state index in [9.17, 15) is 9.59 Å². The van der Waals surface area contributed by atoms with Gasteiger partial charge >= 0.3 is 6.09 Å². The average molecular weight is 280 g/mol. The number of alkyl carbamates (subject to hydrolysis) is 1. The van der Waals surface area contributed by atoms with Crippen molar-refractivity contribution in [1.29, 1.82) is 0 Å². The van der Waals surface area contributed by atoms with Crippen LogP contribution >= 0.6 is 0 Å². The van der Waals surface area contributed by atoms with Crippen molar-refractivity contribution < 1.29 is 19.2 Å². The number of rotatable bonds is 5. The summed E-state index contributed by atoms with van der Waals surface area (Å²) in [5.74, 6) is -0.523. The molecule has 0 unspecified atom stereocenters. The van der Waals surface area contributed by atoms with Crippen molar-refractivity contribution >= 4 is 12.0 Å². The van der Waals surface area contributed by atoms with Crippen LogP contribution in [0.1, 0.15) is 26.3 Å². The van der Waals surface area contributed by atoms with Gasteiger partial charge in [-0.2, -0.15) is 0 Å². The van der Waals surface area contributed by atoms with Crippen molar-refractivity contribution in [2.45, 2.75) is 32.9 Å². The first-order valence-electron chi connectivity index (χ1n) is 6.26. The van der Waals surface area contributed by atoms with Crippen molar-refractivity contribution in [1.82, 2.24) is 10.8 Å². The topological polar surface area (TPSA) is 76.7 Å². The Morgan fingerprint density at radius 2 is 1.80 bits per heavy atom. The van der Waals surface area contributed by atoms with Gasteiger partial charge in [0.2, 0.25) is 0 Å². The summed E-state index contributed by atoms with van der Waals surface area (Å²) in [6, 6.07) is 9.39. The highest BCUT2D eigenvalue weighted by molar-refractivity contribution is 5.79. The first kappa shape index (κ1) is 16.0. The van der Waals surface area contributed by atoms with Gasteiger partial charge in [-0.15, -0.1) is 0 Å². The molecule has 0 heterocycles. The Labute approximate surface area is 118 Å². The third kappa shape index (κ3) is 7.38. The monoisotopic (exact) mass is 280 g/mol. The third-order valence-electron chi connectivity index (χ3n) is 2.08. The Morgan fingerprint density at radius 1 is 1.15 bits per heavy atom. The predicted octanol–water partition coefficient (Wildman–Crippen LogP) is 1.76. The summed E-state index contributed by atoms with van der Waals surface area (Å²) in [5.41, 5.74) is 2.73. The zero-order chi connectivity index (χ0) is 15.0. The lowest BCUT2D eigenvalue weighted by Crippen LogP contribution is -2.42. The van der Waals surface area contributed by atoms with Gasteiger partial charge in [0.15, 0.2) is 6.61 Å². The second-order valence-corrected chi connectivity index (χ2v) is 5.25. The summed E-state index contributed by atoms with van der Waals surface area (Å²) in [4.78, 5) is 27.7. The Balaban J connectivity index is 2.16. The minimum atomic E-state index is -0.643. The van der Waals surface area contributed by atoms with Crippen LogP contribution in [0.5, 0.6) is 0 Å². The molecule has 0 aliphatic rings. The second kappa shape index (κ2) is 7.49. The quantitative estimate of drug-likeness (QED) is 0.806. The molecular formula is C14H20N2O4. The lowest BCUT2D eigenvalue weighted by atomic mass is 10.1. The molecule has 0 spiro atoms. The standard InChI is InChI=1S/C14H20N2O4/c1-14(2,3)15-13(18)19-10-12(17)16-20-9-11-7-5-4-6-8-11/h4-8H,9-10H2,1-3H3,(H,15,18)(H,16,17). The molecule has 6 heteroatoms. The van der Waals surface area contributed by atoms with Crippen LogP contribution in [0.2, 0.25) is 0 Å². The van der Waals surface area contributed by atoms with E-state index in [2.05, 4.69) is 10.8 Å². The van der Waals surface area contributed by atoms with Crippen LogP contribution in [-0.4, -0.2) is 24.1 Å². The molecule has 0 fully saturated rings.